The molecule has 1 amide bonds. The number of aryl methyl sites for hydroxylation is 2. The summed E-state index contributed by atoms with van der Waals surface area (Å²) in [5.74, 6) is 0.150. The van der Waals surface area contributed by atoms with Crippen molar-refractivity contribution >= 4 is 27.8 Å². The van der Waals surface area contributed by atoms with E-state index in [1.165, 1.54) is 18.3 Å². The lowest BCUT2D eigenvalue weighted by Gasteiger charge is -2.25. The number of sulfonamides is 1. The number of carbonyl (C=O) groups excluding carboxylic acids is 1. The van der Waals surface area contributed by atoms with Gasteiger partial charge in [-0.1, -0.05) is 30.3 Å². The summed E-state index contributed by atoms with van der Waals surface area (Å²) in [6, 6.07) is 20.7. The van der Waals surface area contributed by atoms with Gasteiger partial charge in [0.05, 0.1) is 23.9 Å². The highest BCUT2D eigenvalue weighted by atomic mass is 32.2. The molecule has 0 saturated heterocycles. The van der Waals surface area contributed by atoms with Crippen molar-refractivity contribution in [1.82, 2.24) is 5.43 Å². The molecule has 8 heteroatoms. The predicted molar refractivity (Wildman–Crippen MR) is 126 cm³/mol. The monoisotopic (exact) mass is 451 g/mol. The lowest BCUT2D eigenvalue weighted by Crippen LogP contribution is -2.40. The lowest BCUT2D eigenvalue weighted by atomic mass is 10.1. The van der Waals surface area contributed by atoms with Crippen molar-refractivity contribution in [3.8, 4) is 5.75 Å². The van der Waals surface area contributed by atoms with E-state index in [0.717, 1.165) is 21.0 Å². The molecule has 0 bridgehead atoms. The summed E-state index contributed by atoms with van der Waals surface area (Å²) in [7, 11) is -2.39. The summed E-state index contributed by atoms with van der Waals surface area (Å²) in [4.78, 5) is 12.7. The van der Waals surface area contributed by atoms with Gasteiger partial charge in [0.15, 0.2) is 0 Å². The van der Waals surface area contributed by atoms with Crippen molar-refractivity contribution in [2.75, 3.05) is 18.0 Å². The van der Waals surface area contributed by atoms with E-state index in [2.05, 4.69) is 10.5 Å². The summed E-state index contributed by atoms with van der Waals surface area (Å²) < 4.78 is 33.0. The van der Waals surface area contributed by atoms with E-state index in [1.54, 1.807) is 55.6 Å². The van der Waals surface area contributed by atoms with Gasteiger partial charge in [-0.25, -0.2) is 13.8 Å². The fraction of sp³-hybridized carbons (Fsp3) is 0.167. The Balaban J connectivity index is 1.84. The molecule has 0 saturated carbocycles. The van der Waals surface area contributed by atoms with Gasteiger partial charge in [0, 0.05) is 0 Å². The van der Waals surface area contributed by atoms with Crippen LogP contribution in [0, 0.1) is 13.8 Å². The van der Waals surface area contributed by atoms with Gasteiger partial charge < -0.3 is 4.74 Å². The zero-order chi connectivity index (χ0) is 23.1. The largest absolute Gasteiger partial charge is 0.497 e. The molecule has 0 fully saturated rings. The molecule has 3 rings (SSSR count). The number of ether oxygens (including phenoxy) is 1. The smallest absolute Gasteiger partial charge is 0.264 e. The first-order chi connectivity index (χ1) is 15.3. The number of nitrogens with one attached hydrogen (secondary N) is 1. The molecular weight excluding hydrogens is 426 g/mol. The Hall–Kier alpha value is -3.65. The molecular formula is C24H25N3O4S. The Morgan fingerprint density at radius 3 is 2.38 bits per heavy atom. The molecule has 3 aromatic carbocycles. The molecule has 0 radical (unpaired) electrons. The SMILES string of the molecule is COc1ccc(/C=N/NC(=O)CN(c2cc(C)ccc2C)S(=O)(=O)c2ccccc2)cc1. The van der Waals surface area contributed by atoms with Gasteiger partial charge in [0.25, 0.3) is 15.9 Å². The van der Waals surface area contributed by atoms with E-state index < -0.39 is 22.5 Å². The fourth-order valence-corrected chi connectivity index (χ4v) is 4.54. The molecule has 3 aromatic rings. The number of hydrogen-bond donors (Lipinski definition) is 1. The van der Waals surface area contributed by atoms with E-state index in [4.69, 9.17) is 4.74 Å². The number of hydrazone groups is 1. The Labute approximate surface area is 188 Å². The molecule has 0 heterocycles. The molecule has 7 nitrogen and oxygen atoms in total. The molecule has 32 heavy (non-hydrogen) atoms. The number of methoxy groups -OCH3 is 1. The minimum absolute atomic E-state index is 0.107. The molecule has 1 N–H and O–H groups in total. The summed E-state index contributed by atoms with van der Waals surface area (Å²) >= 11 is 0. The summed E-state index contributed by atoms with van der Waals surface area (Å²) in [6.45, 7) is 3.26. The van der Waals surface area contributed by atoms with Crippen molar-refractivity contribution in [3.05, 3.63) is 89.5 Å². The lowest BCUT2D eigenvalue weighted by molar-refractivity contribution is -0.119. The third-order valence-electron chi connectivity index (χ3n) is 4.77. The second kappa shape index (κ2) is 10.1. The summed E-state index contributed by atoms with van der Waals surface area (Å²) in [6.07, 6.45) is 1.48. The number of rotatable bonds is 8. The van der Waals surface area contributed by atoms with Gasteiger partial charge in [-0.3, -0.25) is 9.10 Å². The van der Waals surface area contributed by atoms with Gasteiger partial charge >= 0.3 is 0 Å². The Bertz CT molecular complexity index is 1210. The minimum atomic E-state index is -3.97. The van der Waals surface area contributed by atoms with Crippen LogP contribution in [0.25, 0.3) is 0 Å². The van der Waals surface area contributed by atoms with E-state index >= 15 is 0 Å². The van der Waals surface area contributed by atoms with Crippen LogP contribution < -0.4 is 14.5 Å². The molecule has 0 atom stereocenters. The Morgan fingerprint density at radius 2 is 1.72 bits per heavy atom. The topological polar surface area (TPSA) is 88.1 Å². The molecule has 0 aliphatic carbocycles. The second-order valence-corrected chi connectivity index (χ2v) is 9.04. The van der Waals surface area contributed by atoms with Crippen LogP contribution in [0.1, 0.15) is 16.7 Å². The number of hydrogen-bond acceptors (Lipinski definition) is 5. The maximum Gasteiger partial charge on any atom is 0.264 e. The molecule has 0 spiro atoms. The number of anilines is 1. The van der Waals surface area contributed by atoms with Crippen LogP contribution >= 0.6 is 0 Å². The number of carbonyl (C=O) groups is 1. The van der Waals surface area contributed by atoms with Crippen LogP contribution in [0.3, 0.4) is 0 Å². The van der Waals surface area contributed by atoms with Crippen molar-refractivity contribution in [2.45, 2.75) is 18.7 Å². The first kappa shape index (κ1) is 23.0. The number of benzene rings is 3. The van der Waals surface area contributed by atoms with Crippen molar-refractivity contribution in [2.24, 2.45) is 5.10 Å². The number of nitrogens with zero attached hydrogens (tertiary/aromatic N) is 2. The molecule has 0 aliphatic rings. The van der Waals surface area contributed by atoms with Crippen LogP contribution in [0.4, 0.5) is 5.69 Å². The third-order valence-corrected chi connectivity index (χ3v) is 6.54. The quantitative estimate of drug-likeness (QED) is 0.418. The number of amides is 1. The van der Waals surface area contributed by atoms with E-state index in [0.29, 0.717) is 11.4 Å². The maximum atomic E-state index is 13.4. The highest BCUT2D eigenvalue weighted by Crippen LogP contribution is 2.27. The molecule has 0 unspecified atom stereocenters. The van der Waals surface area contributed by atoms with Crippen LogP contribution in [0.15, 0.2) is 82.8 Å². The van der Waals surface area contributed by atoms with Crippen molar-refractivity contribution in [3.63, 3.8) is 0 Å². The first-order valence-electron chi connectivity index (χ1n) is 9.92. The highest BCUT2D eigenvalue weighted by Gasteiger charge is 2.28. The second-order valence-electron chi connectivity index (χ2n) is 7.18. The normalized spacial score (nSPS) is 11.3. The standard InChI is InChI=1S/C24H25N3O4S/c1-18-9-10-19(2)23(15-18)27(32(29,30)22-7-5-4-6-8-22)17-24(28)26-25-16-20-11-13-21(31-3)14-12-20/h4-16H,17H2,1-3H3,(H,26,28)/b25-16+. The van der Waals surface area contributed by atoms with Crippen LogP contribution in [0.2, 0.25) is 0 Å². The van der Waals surface area contributed by atoms with Crippen molar-refractivity contribution in [1.29, 1.82) is 0 Å². The maximum absolute atomic E-state index is 13.4. The molecule has 0 aromatic heterocycles. The summed E-state index contributed by atoms with van der Waals surface area (Å²) in [5, 5.41) is 3.95. The van der Waals surface area contributed by atoms with Crippen LogP contribution in [-0.2, 0) is 14.8 Å². The molecule has 166 valence electrons. The van der Waals surface area contributed by atoms with Crippen LogP contribution in [0.5, 0.6) is 5.75 Å². The zero-order valence-corrected chi connectivity index (χ0v) is 19.0. The van der Waals surface area contributed by atoms with E-state index in [9.17, 15) is 13.2 Å². The summed E-state index contributed by atoms with van der Waals surface area (Å²) in [5.41, 5.74) is 5.24. The Morgan fingerprint density at radius 1 is 1.03 bits per heavy atom. The van der Waals surface area contributed by atoms with Crippen LogP contribution in [-0.4, -0.2) is 34.2 Å². The average Bonchev–Trinajstić information content (AvgIpc) is 2.80. The first-order valence-corrected chi connectivity index (χ1v) is 11.4. The third kappa shape index (κ3) is 5.53. The van der Waals surface area contributed by atoms with Gasteiger partial charge in [0.1, 0.15) is 12.3 Å². The predicted octanol–water partition coefficient (Wildman–Crippen LogP) is 3.66. The van der Waals surface area contributed by atoms with Gasteiger partial charge in [0.2, 0.25) is 0 Å². The van der Waals surface area contributed by atoms with E-state index in [-0.39, 0.29) is 4.90 Å². The fourth-order valence-electron chi connectivity index (χ4n) is 3.04. The Kier molecular flexibility index (Phi) is 7.27. The molecule has 0 aliphatic heterocycles. The minimum Gasteiger partial charge on any atom is -0.497 e. The van der Waals surface area contributed by atoms with E-state index in [1.807, 2.05) is 26.0 Å². The van der Waals surface area contributed by atoms with Gasteiger partial charge in [-0.2, -0.15) is 5.10 Å². The highest BCUT2D eigenvalue weighted by molar-refractivity contribution is 7.92. The van der Waals surface area contributed by atoms with Gasteiger partial charge in [-0.15, -0.1) is 0 Å². The zero-order valence-electron chi connectivity index (χ0n) is 18.1. The van der Waals surface area contributed by atoms with Gasteiger partial charge in [-0.05, 0) is 73.0 Å². The average molecular weight is 452 g/mol. The van der Waals surface area contributed by atoms with Crippen molar-refractivity contribution < 1.29 is 17.9 Å².